The van der Waals surface area contributed by atoms with Crippen molar-refractivity contribution in [2.75, 3.05) is 0 Å². The van der Waals surface area contributed by atoms with Gasteiger partial charge in [0.15, 0.2) is 0 Å². The highest BCUT2D eigenvalue weighted by Crippen LogP contribution is 2.18. The van der Waals surface area contributed by atoms with Gasteiger partial charge in [-0.2, -0.15) is 0 Å². The van der Waals surface area contributed by atoms with Gasteiger partial charge in [0.2, 0.25) is 0 Å². The molecule has 0 bridgehead atoms. The largest absolute Gasteiger partial charge is 0.0991 e. The molecular weight excluding hydrogens is 180 g/mol. The van der Waals surface area contributed by atoms with E-state index in [9.17, 15) is 0 Å². The summed E-state index contributed by atoms with van der Waals surface area (Å²) in [5.74, 6) is 0. The Morgan fingerprint density at radius 3 is 1.73 bits per heavy atom. The van der Waals surface area contributed by atoms with Gasteiger partial charge in [-0.1, -0.05) is 82.0 Å². The van der Waals surface area contributed by atoms with Gasteiger partial charge in [0, 0.05) is 0 Å². The normalized spacial score (nSPS) is 13.8. The topological polar surface area (TPSA) is 0 Å². The van der Waals surface area contributed by atoms with Crippen molar-refractivity contribution in [3.63, 3.8) is 0 Å². The van der Waals surface area contributed by atoms with Crippen LogP contribution in [0.1, 0.15) is 27.2 Å². The van der Waals surface area contributed by atoms with Crippen LogP contribution in [0.3, 0.4) is 0 Å². The van der Waals surface area contributed by atoms with Crippen molar-refractivity contribution < 1.29 is 0 Å². The van der Waals surface area contributed by atoms with Crippen LogP contribution in [0.25, 0.3) is 0 Å². The van der Waals surface area contributed by atoms with Crippen molar-refractivity contribution in [2.45, 2.75) is 27.2 Å². The molecule has 0 spiro atoms. The van der Waals surface area contributed by atoms with Crippen molar-refractivity contribution in [1.82, 2.24) is 0 Å². The van der Waals surface area contributed by atoms with Gasteiger partial charge in [0.1, 0.15) is 0 Å². The van der Waals surface area contributed by atoms with Crippen LogP contribution in [0.2, 0.25) is 0 Å². The summed E-state index contributed by atoms with van der Waals surface area (Å²) < 4.78 is 0. The Labute approximate surface area is 94.4 Å². The molecule has 0 aliphatic heterocycles. The zero-order valence-electron chi connectivity index (χ0n) is 10.1. The first-order valence-corrected chi connectivity index (χ1v) is 5.34. The van der Waals surface area contributed by atoms with Gasteiger partial charge in [0.25, 0.3) is 0 Å². The first-order valence-electron chi connectivity index (χ1n) is 5.34. The minimum atomic E-state index is 0.382. The third-order valence-electron chi connectivity index (χ3n) is 1.67. The Kier molecular flexibility index (Phi) is 7.35. The average Bonchev–Trinajstić information content (AvgIpc) is 2.14. The van der Waals surface area contributed by atoms with Crippen LogP contribution in [0.15, 0.2) is 61.3 Å². The molecule has 15 heavy (non-hydrogen) atoms. The van der Waals surface area contributed by atoms with Crippen LogP contribution in [0, 0.1) is 5.41 Å². The van der Waals surface area contributed by atoms with E-state index in [-0.39, 0.29) is 0 Å². The Morgan fingerprint density at radius 2 is 1.27 bits per heavy atom. The van der Waals surface area contributed by atoms with Crippen LogP contribution in [-0.2, 0) is 0 Å². The Hall–Kier alpha value is -1.30. The second kappa shape index (κ2) is 8.05. The molecule has 0 heteroatoms. The van der Waals surface area contributed by atoms with Crippen LogP contribution < -0.4 is 0 Å². The SMILES string of the molecule is C=C/C=C/C=C\C=C\C=C\CC(C)(C)C. The molecule has 0 rings (SSSR count). The first kappa shape index (κ1) is 13.7. The van der Waals surface area contributed by atoms with Gasteiger partial charge >= 0.3 is 0 Å². The third kappa shape index (κ3) is 12.7. The van der Waals surface area contributed by atoms with E-state index >= 15 is 0 Å². The van der Waals surface area contributed by atoms with Gasteiger partial charge in [0.05, 0.1) is 0 Å². The summed E-state index contributed by atoms with van der Waals surface area (Å²) in [7, 11) is 0. The second-order valence-corrected chi connectivity index (χ2v) is 4.58. The minimum absolute atomic E-state index is 0.382. The lowest BCUT2D eigenvalue weighted by Gasteiger charge is -2.13. The summed E-state index contributed by atoms with van der Waals surface area (Å²) in [5, 5.41) is 0. The Morgan fingerprint density at radius 1 is 0.800 bits per heavy atom. The van der Waals surface area contributed by atoms with Crippen molar-refractivity contribution in [2.24, 2.45) is 5.41 Å². The Balaban J connectivity index is 3.76. The van der Waals surface area contributed by atoms with Crippen LogP contribution in [0.4, 0.5) is 0 Å². The van der Waals surface area contributed by atoms with Crippen molar-refractivity contribution in [1.29, 1.82) is 0 Å². The molecule has 0 atom stereocenters. The summed E-state index contributed by atoms with van der Waals surface area (Å²) in [6.07, 6.45) is 19.1. The molecule has 0 aromatic carbocycles. The maximum atomic E-state index is 3.59. The molecular formula is C15H22. The van der Waals surface area contributed by atoms with Crippen molar-refractivity contribution in [3.05, 3.63) is 61.3 Å². The van der Waals surface area contributed by atoms with Crippen molar-refractivity contribution >= 4 is 0 Å². The van der Waals surface area contributed by atoms with Gasteiger partial charge in [-0.15, -0.1) is 0 Å². The molecule has 0 aromatic heterocycles. The molecule has 0 radical (unpaired) electrons. The van der Waals surface area contributed by atoms with E-state index in [1.165, 1.54) is 0 Å². The highest BCUT2D eigenvalue weighted by molar-refractivity contribution is 5.17. The van der Waals surface area contributed by atoms with E-state index in [0.29, 0.717) is 5.41 Å². The average molecular weight is 202 g/mol. The first-order chi connectivity index (χ1) is 7.06. The van der Waals surface area contributed by atoms with Gasteiger partial charge < -0.3 is 0 Å². The van der Waals surface area contributed by atoms with Gasteiger partial charge in [-0.3, -0.25) is 0 Å². The molecule has 0 N–H and O–H groups in total. The highest BCUT2D eigenvalue weighted by Gasteiger charge is 2.05. The minimum Gasteiger partial charge on any atom is -0.0991 e. The molecule has 0 fully saturated rings. The fourth-order valence-corrected chi connectivity index (χ4v) is 0.899. The summed E-state index contributed by atoms with van der Waals surface area (Å²) in [5.41, 5.74) is 0.382. The number of allylic oxidation sites excluding steroid dienone is 9. The zero-order valence-corrected chi connectivity index (χ0v) is 10.1. The maximum Gasteiger partial charge on any atom is -0.0299 e. The van der Waals surface area contributed by atoms with E-state index in [1.807, 2.05) is 36.5 Å². The summed E-state index contributed by atoms with van der Waals surface area (Å²) in [4.78, 5) is 0. The predicted octanol–water partition coefficient (Wildman–Crippen LogP) is 4.83. The zero-order chi connectivity index (χ0) is 11.6. The fourth-order valence-electron chi connectivity index (χ4n) is 0.899. The molecule has 0 nitrogen and oxygen atoms in total. The van der Waals surface area contributed by atoms with E-state index < -0.39 is 0 Å². The lowest BCUT2D eigenvalue weighted by molar-refractivity contribution is 0.420. The molecule has 0 unspecified atom stereocenters. The standard InChI is InChI=1S/C15H22/c1-5-6-7-8-9-10-11-12-13-14-15(2,3)4/h5-13H,1,14H2,2-4H3/b7-6+,9-8-,11-10+,13-12+. The summed E-state index contributed by atoms with van der Waals surface area (Å²) in [6, 6.07) is 0. The molecule has 0 heterocycles. The molecule has 0 amide bonds. The van der Waals surface area contributed by atoms with E-state index in [4.69, 9.17) is 0 Å². The smallest absolute Gasteiger partial charge is 0.0299 e. The number of rotatable bonds is 5. The van der Waals surface area contributed by atoms with E-state index in [2.05, 4.69) is 39.5 Å². The molecule has 0 aliphatic carbocycles. The molecule has 0 saturated heterocycles. The van der Waals surface area contributed by atoms with Crippen LogP contribution in [-0.4, -0.2) is 0 Å². The van der Waals surface area contributed by atoms with E-state index in [0.717, 1.165) is 6.42 Å². The highest BCUT2D eigenvalue weighted by atomic mass is 14.1. The maximum absolute atomic E-state index is 3.59. The van der Waals surface area contributed by atoms with Crippen LogP contribution >= 0.6 is 0 Å². The lowest BCUT2D eigenvalue weighted by atomic mass is 9.92. The molecule has 0 aliphatic rings. The third-order valence-corrected chi connectivity index (χ3v) is 1.67. The number of hydrogen-bond donors (Lipinski definition) is 0. The Bertz CT molecular complexity index is 267. The monoisotopic (exact) mass is 202 g/mol. The summed E-state index contributed by atoms with van der Waals surface area (Å²) in [6.45, 7) is 10.3. The molecule has 0 saturated carbocycles. The molecule has 82 valence electrons. The number of hydrogen-bond acceptors (Lipinski definition) is 0. The van der Waals surface area contributed by atoms with Gasteiger partial charge in [-0.25, -0.2) is 0 Å². The fraction of sp³-hybridized carbons (Fsp3) is 0.333. The summed E-state index contributed by atoms with van der Waals surface area (Å²) >= 11 is 0. The van der Waals surface area contributed by atoms with E-state index in [1.54, 1.807) is 6.08 Å². The lowest BCUT2D eigenvalue weighted by Crippen LogP contribution is -2.01. The van der Waals surface area contributed by atoms with Crippen LogP contribution in [0.5, 0.6) is 0 Å². The predicted molar refractivity (Wildman–Crippen MR) is 70.8 cm³/mol. The van der Waals surface area contributed by atoms with Gasteiger partial charge in [-0.05, 0) is 11.8 Å². The van der Waals surface area contributed by atoms with Crippen molar-refractivity contribution in [3.8, 4) is 0 Å². The molecule has 0 aromatic rings. The quantitative estimate of drug-likeness (QED) is 0.560. The second-order valence-electron chi connectivity index (χ2n) is 4.58.